The zero-order valence-electron chi connectivity index (χ0n) is 10.2. The molecule has 1 heterocycles. The molecular formula is C12H23NO2. The predicted molar refractivity (Wildman–Crippen MR) is 60.9 cm³/mol. The second-order valence-corrected chi connectivity index (χ2v) is 5.23. The predicted octanol–water partition coefficient (Wildman–Crippen LogP) is 1.57. The number of rotatable bonds is 5. The van der Waals surface area contributed by atoms with Crippen molar-refractivity contribution in [2.24, 2.45) is 11.3 Å². The summed E-state index contributed by atoms with van der Waals surface area (Å²) in [5.74, 6) is 0.642. The van der Waals surface area contributed by atoms with E-state index in [0.717, 1.165) is 38.8 Å². The Bertz CT molecular complexity index is 198. The van der Waals surface area contributed by atoms with Gasteiger partial charge in [-0.1, -0.05) is 13.8 Å². The smallest absolute Gasteiger partial charge is 0.129 e. The minimum Gasteiger partial charge on any atom is -0.380 e. The van der Waals surface area contributed by atoms with Gasteiger partial charge in [-0.15, -0.1) is 0 Å². The first-order valence-electron chi connectivity index (χ1n) is 5.81. The fourth-order valence-electron chi connectivity index (χ4n) is 2.35. The van der Waals surface area contributed by atoms with E-state index in [2.05, 4.69) is 25.8 Å². The van der Waals surface area contributed by atoms with Crippen molar-refractivity contribution in [3.05, 3.63) is 0 Å². The monoisotopic (exact) mass is 213 g/mol. The standard InChI is InChI=1S/C12H23NO2/c1-11(2)7-13(3)8-12(9-14)5-4-6-15-10-12/h9,11H,4-8,10H2,1-3H3. The summed E-state index contributed by atoms with van der Waals surface area (Å²) < 4.78 is 5.42. The molecule has 1 unspecified atom stereocenters. The summed E-state index contributed by atoms with van der Waals surface area (Å²) in [5.41, 5.74) is -0.248. The summed E-state index contributed by atoms with van der Waals surface area (Å²) in [6.45, 7) is 7.66. The molecular weight excluding hydrogens is 190 g/mol. The lowest BCUT2D eigenvalue weighted by atomic mass is 9.83. The number of aldehydes is 1. The van der Waals surface area contributed by atoms with Crippen LogP contribution >= 0.6 is 0 Å². The molecule has 1 fully saturated rings. The van der Waals surface area contributed by atoms with Crippen molar-refractivity contribution < 1.29 is 9.53 Å². The highest BCUT2D eigenvalue weighted by Crippen LogP contribution is 2.27. The van der Waals surface area contributed by atoms with Crippen LogP contribution in [0.3, 0.4) is 0 Å². The molecule has 0 N–H and O–H groups in total. The van der Waals surface area contributed by atoms with E-state index in [1.807, 2.05) is 0 Å². The summed E-state index contributed by atoms with van der Waals surface area (Å²) in [5, 5.41) is 0. The molecule has 15 heavy (non-hydrogen) atoms. The Morgan fingerprint density at radius 3 is 2.73 bits per heavy atom. The first kappa shape index (κ1) is 12.7. The van der Waals surface area contributed by atoms with Gasteiger partial charge in [-0.05, 0) is 25.8 Å². The zero-order valence-corrected chi connectivity index (χ0v) is 10.2. The van der Waals surface area contributed by atoms with E-state index in [1.165, 1.54) is 0 Å². The van der Waals surface area contributed by atoms with Crippen LogP contribution in [0, 0.1) is 11.3 Å². The number of hydrogen-bond donors (Lipinski definition) is 0. The van der Waals surface area contributed by atoms with E-state index in [1.54, 1.807) is 0 Å². The average Bonchev–Trinajstić information content (AvgIpc) is 2.17. The number of hydrogen-bond acceptors (Lipinski definition) is 3. The summed E-state index contributed by atoms with van der Waals surface area (Å²) >= 11 is 0. The maximum absolute atomic E-state index is 11.2. The van der Waals surface area contributed by atoms with Crippen molar-refractivity contribution in [1.29, 1.82) is 0 Å². The maximum Gasteiger partial charge on any atom is 0.129 e. The van der Waals surface area contributed by atoms with Gasteiger partial charge in [-0.3, -0.25) is 0 Å². The molecule has 1 aliphatic heterocycles. The van der Waals surface area contributed by atoms with Crippen molar-refractivity contribution in [1.82, 2.24) is 4.90 Å². The number of ether oxygens (including phenoxy) is 1. The third kappa shape index (κ3) is 3.92. The molecule has 0 aromatic heterocycles. The lowest BCUT2D eigenvalue weighted by Crippen LogP contribution is -2.43. The molecule has 0 spiro atoms. The van der Waals surface area contributed by atoms with E-state index in [0.29, 0.717) is 12.5 Å². The Kier molecular flexibility index (Phi) is 4.74. The summed E-state index contributed by atoms with van der Waals surface area (Å²) in [6.07, 6.45) is 3.08. The van der Waals surface area contributed by atoms with Gasteiger partial charge in [-0.2, -0.15) is 0 Å². The minimum absolute atomic E-state index is 0.248. The van der Waals surface area contributed by atoms with Crippen LogP contribution in [0.1, 0.15) is 26.7 Å². The fourth-order valence-corrected chi connectivity index (χ4v) is 2.35. The van der Waals surface area contributed by atoms with E-state index in [-0.39, 0.29) is 5.41 Å². The summed E-state index contributed by atoms with van der Waals surface area (Å²) in [6, 6.07) is 0. The van der Waals surface area contributed by atoms with Crippen molar-refractivity contribution in [3.8, 4) is 0 Å². The zero-order chi connectivity index (χ0) is 11.3. The normalized spacial score (nSPS) is 27.3. The first-order valence-corrected chi connectivity index (χ1v) is 5.81. The van der Waals surface area contributed by atoms with Gasteiger partial charge in [0.15, 0.2) is 0 Å². The van der Waals surface area contributed by atoms with E-state index in [9.17, 15) is 4.79 Å². The Balaban J connectivity index is 2.47. The molecule has 0 radical (unpaired) electrons. The van der Waals surface area contributed by atoms with Gasteiger partial charge >= 0.3 is 0 Å². The van der Waals surface area contributed by atoms with Crippen LogP contribution in [0.25, 0.3) is 0 Å². The van der Waals surface area contributed by atoms with Crippen LogP contribution in [-0.4, -0.2) is 44.5 Å². The maximum atomic E-state index is 11.2. The summed E-state index contributed by atoms with van der Waals surface area (Å²) in [4.78, 5) is 13.4. The molecule has 0 aromatic rings. The van der Waals surface area contributed by atoms with E-state index >= 15 is 0 Å². The van der Waals surface area contributed by atoms with Gasteiger partial charge in [0, 0.05) is 19.7 Å². The molecule has 88 valence electrons. The Morgan fingerprint density at radius 1 is 1.53 bits per heavy atom. The number of carbonyl (C=O) groups is 1. The molecule has 1 rings (SSSR count). The summed E-state index contributed by atoms with van der Waals surface area (Å²) in [7, 11) is 2.08. The second-order valence-electron chi connectivity index (χ2n) is 5.23. The molecule has 0 saturated carbocycles. The highest BCUT2D eigenvalue weighted by Gasteiger charge is 2.33. The molecule has 1 saturated heterocycles. The Hall–Kier alpha value is -0.410. The quantitative estimate of drug-likeness (QED) is 0.649. The van der Waals surface area contributed by atoms with Crippen LogP contribution in [0.2, 0.25) is 0 Å². The van der Waals surface area contributed by atoms with E-state index in [4.69, 9.17) is 4.74 Å². The minimum atomic E-state index is -0.248. The SMILES string of the molecule is CC(C)CN(C)CC1(C=O)CCCOC1. The molecule has 0 aromatic carbocycles. The van der Waals surface area contributed by atoms with Crippen LogP contribution in [-0.2, 0) is 9.53 Å². The molecule has 0 bridgehead atoms. The van der Waals surface area contributed by atoms with Crippen LogP contribution in [0.15, 0.2) is 0 Å². The van der Waals surface area contributed by atoms with Gasteiger partial charge in [0.05, 0.1) is 12.0 Å². The van der Waals surface area contributed by atoms with Crippen molar-refractivity contribution in [2.45, 2.75) is 26.7 Å². The van der Waals surface area contributed by atoms with Crippen LogP contribution in [0.4, 0.5) is 0 Å². The van der Waals surface area contributed by atoms with Crippen molar-refractivity contribution in [2.75, 3.05) is 33.4 Å². The van der Waals surface area contributed by atoms with Crippen LogP contribution < -0.4 is 0 Å². The first-order chi connectivity index (χ1) is 7.08. The van der Waals surface area contributed by atoms with Gasteiger partial charge in [0.1, 0.15) is 6.29 Å². The average molecular weight is 213 g/mol. The molecule has 1 atom stereocenters. The van der Waals surface area contributed by atoms with E-state index < -0.39 is 0 Å². The second kappa shape index (κ2) is 5.61. The molecule has 0 amide bonds. The lowest BCUT2D eigenvalue weighted by molar-refractivity contribution is -0.125. The third-order valence-electron chi connectivity index (χ3n) is 2.86. The lowest BCUT2D eigenvalue weighted by Gasteiger charge is -2.35. The Morgan fingerprint density at radius 2 is 2.27 bits per heavy atom. The molecule has 1 aliphatic rings. The molecule has 3 heteroatoms. The van der Waals surface area contributed by atoms with Gasteiger partial charge < -0.3 is 14.4 Å². The third-order valence-corrected chi connectivity index (χ3v) is 2.86. The molecule has 3 nitrogen and oxygen atoms in total. The van der Waals surface area contributed by atoms with Crippen LogP contribution in [0.5, 0.6) is 0 Å². The van der Waals surface area contributed by atoms with Crippen molar-refractivity contribution >= 4 is 6.29 Å². The Labute approximate surface area is 92.8 Å². The molecule has 0 aliphatic carbocycles. The largest absolute Gasteiger partial charge is 0.380 e. The van der Waals surface area contributed by atoms with Crippen molar-refractivity contribution in [3.63, 3.8) is 0 Å². The number of carbonyl (C=O) groups excluding carboxylic acids is 1. The van der Waals surface area contributed by atoms with Gasteiger partial charge in [-0.25, -0.2) is 0 Å². The number of nitrogens with zero attached hydrogens (tertiary/aromatic N) is 1. The topological polar surface area (TPSA) is 29.5 Å². The fraction of sp³-hybridized carbons (Fsp3) is 0.917. The highest BCUT2D eigenvalue weighted by molar-refractivity contribution is 5.60. The van der Waals surface area contributed by atoms with Gasteiger partial charge in [0.2, 0.25) is 0 Å². The highest BCUT2D eigenvalue weighted by atomic mass is 16.5. The van der Waals surface area contributed by atoms with Gasteiger partial charge in [0.25, 0.3) is 0 Å².